The highest BCUT2D eigenvalue weighted by molar-refractivity contribution is 5.94. The number of ether oxygens (including phenoxy) is 2. The van der Waals surface area contributed by atoms with Crippen LogP contribution >= 0.6 is 0 Å². The van der Waals surface area contributed by atoms with Gasteiger partial charge in [-0.2, -0.15) is 22.7 Å². The summed E-state index contributed by atoms with van der Waals surface area (Å²) in [7, 11) is 1.71. The lowest BCUT2D eigenvalue weighted by atomic mass is 10.0. The van der Waals surface area contributed by atoms with Crippen molar-refractivity contribution in [2.24, 2.45) is 7.05 Å². The van der Waals surface area contributed by atoms with Crippen molar-refractivity contribution in [3.8, 4) is 11.5 Å². The fourth-order valence-corrected chi connectivity index (χ4v) is 3.34. The maximum Gasteiger partial charge on any atom is 0.387 e. The van der Waals surface area contributed by atoms with Gasteiger partial charge in [0.15, 0.2) is 0 Å². The molecule has 1 fully saturated rings. The predicted molar refractivity (Wildman–Crippen MR) is 109 cm³/mol. The first kappa shape index (κ1) is 24.1. The molecule has 1 aliphatic rings. The summed E-state index contributed by atoms with van der Waals surface area (Å²) in [5.74, 6) is -1.34. The van der Waals surface area contributed by atoms with E-state index in [1.165, 1.54) is 29.1 Å². The number of aryl methyl sites for hydroxylation is 1. The molecule has 0 bridgehead atoms. The Morgan fingerprint density at radius 3 is 2.45 bits per heavy atom. The Balaban J connectivity index is 1.57. The first-order valence-corrected chi connectivity index (χ1v) is 10.0. The van der Waals surface area contributed by atoms with Crippen LogP contribution in [-0.2, 0) is 11.8 Å². The van der Waals surface area contributed by atoms with Crippen molar-refractivity contribution in [3.63, 3.8) is 0 Å². The number of hydrogen-bond acceptors (Lipinski definition) is 5. The van der Waals surface area contributed by atoms with Crippen molar-refractivity contribution in [1.29, 1.82) is 0 Å². The zero-order chi connectivity index (χ0) is 24.0. The van der Waals surface area contributed by atoms with Crippen molar-refractivity contribution in [2.45, 2.75) is 32.1 Å². The molecule has 0 spiro atoms. The molecular weight excluding hydrogens is 448 g/mol. The number of carbonyl (C=O) groups excluding carboxylic acids is 2. The van der Waals surface area contributed by atoms with E-state index in [0.717, 1.165) is 12.1 Å². The highest BCUT2D eigenvalue weighted by Gasteiger charge is 2.23. The lowest BCUT2D eigenvalue weighted by Crippen LogP contribution is -2.46. The normalized spacial score (nSPS) is 14.8. The van der Waals surface area contributed by atoms with Crippen molar-refractivity contribution >= 4 is 17.9 Å². The number of rotatable bonds is 8. The molecule has 8 nitrogen and oxygen atoms in total. The molecule has 1 N–H and O–H groups in total. The van der Waals surface area contributed by atoms with Gasteiger partial charge in [-0.05, 0) is 31.1 Å². The minimum Gasteiger partial charge on any atom is -0.435 e. The first-order valence-electron chi connectivity index (χ1n) is 10.0. The van der Waals surface area contributed by atoms with Crippen LogP contribution < -0.4 is 14.8 Å². The zero-order valence-corrected chi connectivity index (χ0v) is 17.6. The highest BCUT2D eigenvalue weighted by Crippen LogP contribution is 2.28. The molecule has 1 aromatic heterocycles. The number of hydrogen-bond donors (Lipinski definition) is 1. The number of halogens is 4. The van der Waals surface area contributed by atoms with Crippen LogP contribution in [0.15, 0.2) is 36.7 Å². The largest absolute Gasteiger partial charge is 0.435 e. The Kier molecular flexibility index (Phi) is 7.91. The lowest BCUT2D eigenvalue weighted by Gasteiger charge is -2.31. The minimum absolute atomic E-state index is 0.0980. The molecule has 178 valence electrons. The van der Waals surface area contributed by atoms with Crippen LogP contribution in [0.3, 0.4) is 0 Å². The Hall–Kier alpha value is -3.57. The third-order valence-electron chi connectivity index (χ3n) is 4.94. The zero-order valence-electron chi connectivity index (χ0n) is 17.6. The summed E-state index contributed by atoms with van der Waals surface area (Å²) in [6.07, 6.45) is 6.63. The summed E-state index contributed by atoms with van der Waals surface area (Å²) in [5, 5.41) is 6.86. The molecule has 2 heterocycles. The predicted octanol–water partition coefficient (Wildman–Crippen LogP) is 3.06. The minimum atomic E-state index is -3.18. The topological polar surface area (TPSA) is 85.7 Å². The molecule has 12 heteroatoms. The second kappa shape index (κ2) is 10.8. The quantitative estimate of drug-likeness (QED) is 0.474. The van der Waals surface area contributed by atoms with E-state index >= 15 is 0 Å². The molecule has 33 heavy (non-hydrogen) atoms. The molecule has 2 amide bonds. The molecule has 3 rings (SSSR count). The van der Waals surface area contributed by atoms with Crippen LogP contribution in [0.5, 0.6) is 11.5 Å². The number of alkyl halides is 4. The Bertz CT molecular complexity index is 1000. The van der Waals surface area contributed by atoms with Crippen LogP contribution in [0, 0.1) is 0 Å². The van der Waals surface area contributed by atoms with Crippen LogP contribution in [0.1, 0.15) is 28.8 Å². The molecule has 1 saturated heterocycles. The summed E-state index contributed by atoms with van der Waals surface area (Å²) in [4.78, 5) is 26.3. The summed E-state index contributed by atoms with van der Waals surface area (Å²) in [6.45, 7) is -5.52. The second-order valence-corrected chi connectivity index (χ2v) is 7.27. The van der Waals surface area contributed by atoms with Gasteiger partial charge in [0, 0.05) is 50.1 Å². The maximum atomic E-state index is 12.7. The molecule has 0 atom stereocenters. The van der Waals surface area contributed by atoms with Crippen LogP contribution in [0.25, 0.3) is 6.08 Å². The van der Waals surface area contributed by atoms with E-state index in [1.54, 1.807) is 18.1 Å². The Morgan fingerprint density at radius 1 is 1.15 bits per heavy atom. The number of aromatic nitrogens is 2. The van der Waals surface area contributed by atoms with E-state index in [-0.39, 0.29) is 29.2 Å². The average molecular weight is 470 g/mol. The van der Waals surface area contributed by atoms with Gasteiger partial charge in [-0.15, -0.1) is 0 Å². The van der Waals surface area contributed by atoms with E-state index in [4.69, 9.17) is 0 Å². The van der Waals surface area contributed by atoms with Crippen molar-refractivity contribution in [3.05, 3.63) is 47.8 Å². The number of piperidine rings is 1. The number of likely N-dealkylation sites (tertiary alicyclic amines) is 1. The number of amides is 2. The second-order valence-electron chi connectivity index (χ2n) is 7.27. The lowest BCUT2D eigenvalue weighted by molar-refractivity contribution is -0.127. The van der Waals surface area contributed by atoms with Gasteiger partial charge in [0.2, 0.25) is 5.91 Å². The van der Waals surface area contributed by atoms with E-state index in [9.17, 15) is 27.2 Å². The summed E-state index contributed by atoms with van der Waals surface area (Å²) >= 11 is 0. The molecule has 1 aromatic carbocycles. The summed E-state index contributed by atoms with van der Waals surface area (Å²) in [6, 6.07) is 3.20. The van der Waals surface area contributed by atoms with Gasteiger partial charge in [-0.3, -0.25) is 14.3 Å². The third-order valence-corrected chi connectivity index (χ3v) is 4.94. The number of nitrogens with zero attached hydrogens (tertiary/aromatic N) is 3. The molecule has 0 unspecified atom stereocenters. The Morgan fingerprint density at radius 2 is 1.85 bits per heavy atom. The van der Waals surface area contributed by atoms with Gasteiger partial charge in [-0.1, -0.05) is 0 Å². The van der Waals surface area contributed by atoms with E-state index < -0.39 is 19.0 Å². The van der Waals surface area contributed by atoms with Gasteiger partial charge >= 0.3 is 13.2 Å². The van der Waals surface area contributed by atoms with E-state index in [1.807, 2.05) is 0 Å². The van der Waals surface area contributed by atoms with Gasteiger partial charge in [-0.25, -0.2) is 0 Å². The highest BCUT2D eigenvalue weighted by atomic mass is 19.3. The number of carbonyl (C=O) groups is 2. The van der Waals surface area contributed by atoms with E-state index in [2.05, 4.69) is 19.9 Å². The first-order chi connectivity index (χ1) is 15.7. The monoisotopic (exact) mass is 470 g/mol. The molecule has 2 aromatic rings. The standard InChI is InChI=1S/C21H22F4N4O4/c1-28-12-14(11-26-28)19(31)27-15-6-8-29(9-7-15)18(30)5-3-13-2-4-16(32-20(22)23)10-17(13)33-21(24)25/h2-5,10-12,15,20-21H,6-9H2,1H3,(H,27,31)/b5-3+. The van der Waals surface area contributed by atoms with Gasteiger partial charge in [0.25, 0.3) is 5.91 Å². The number of benzene rings is 1. The maximum absolute atomic E-state index is 12.7. The Labute approximate surface area is 186 Å². The summed E-state index contributed by atoms with van der Waals surface area (Å²) in [5.41, 5.74) is 0.551. The number of nitrogens with one attached hydrogen (secondary N) is 1. The molecular formula is C21H22F4N4O4. The van der Waals surface area contributed by atoms with Gasteiger partial charge < -0.3 is 19.7 Å². The molecule has 0 aliphatic carbocycles. The fourth-order valence-electron chi connectivity index (χ4n) is 3.34. The third kappa shape index (κ3) is 6.96. The van der Waals surface area contributed by atoms with Gasteiger partial charge in [0.1, 0.15) is 11.5 Å². The van der Waals surface area contributed by atoms with Crippen LogP contribution in [-0.4, -0.2) is 58.8 Å². The van der Waals surface area contributed by atoms with Crippen LogP contribution in [0.2, 0.25) is 0 Å². The van der Waals surface area contributed by atoms with E-state index in [0.29, 0.717) is 31.5 Å². The van der Waals surface area contributed by atoms with Gasteiger partial charge in [0.05, 0.1) is 11.8 Å². The smallest absolute Gasteiger partial charge is 0.387 e. The van der Waals surface area contributed by atoms with Crippen molar-refractivity contribution < 1.29 is 36.6 Å². The fraction of sp³-hybridized carbons (Fsp3) is 0.381. The molecule has 1 aliphatic heterocycles. The molecule has 0 saturated carbocycles. The SMILES string of the molecule is Cn1cc(C(=O)NC2CCN(C(=O)/C=C/c3ccc(OC(F)F)cc3OC(F)F)CC2)cn1. The van der Waals surface area contributed by atoms with Crippen LogP contribution in [0.4, 0.5) is 17.6 Å². The average Bonchev–Trinajstić information content (AvgIpc) is 3.19. The molecule has 0 radical (unpaired) electrons. The van der Waals surface area contributed by atoms with Crippen molar-refractivity contribution in [2.75, 3.05) is 13.1 Å². The van der Waals surface area contributed by atoms with Crippen molar-refractivity contribution in [1.82, 2.24) is 20.0 Å². The summed E-state index contributed by atoms with van der Waals surface area (Å²) < 4.78 is 60.1.